The van der Waals surface area contributed by atoms with Crippen LogP contribution in [0.25, 0.3) is 21.9 Å². The van der Waals surface area contributed by atoms with Crippen LogP contribution in [-0.4, -0.2) is 0 Å². The van der Waals surface area contributed by atoms with Gasteiger partial charge in [0.05, 0.1) is 0 Å². The lowest BCUT2D eigenvalue weighted by Crippen LogP contribution is -2.12. The first-order chi connectivity index (χ1) is 12.7. The van der Waals surface area contributed by atoms with Crippen molar-refractivity contribution in [2.24, 2.45) is 5.92 Å². The van der Waals surface area contributed by atoms with Gasteiger partial charge in [0.2, 0.25) is 0 Å². The Bertz CT molecular complexity index is 905. The highest BCUT2D eigenvalue weighted by atomic mass is 35.5. The Labute approximate surface area is 160 Å². The maximum absolute atomic E-state index is 15.1. The van der Waals surface area contributed by atoms with Crippen LogP contribution in [0.5, 0.6) is 0 Å². The summed E-state index contributed by atoms with van der Waals surface area (Å²) in [5, 5.41) is 2.36. The Morgan fingerprint density at radius 1 is 0.923 bits per heavy atom. The molecule has 1 saturated carbocycles. The van der Waals surface area contributed by atoms with E-state index in [-0.39, 0.29) is 5.82 Å². The summed E-state index contributed by atoms with van der Waals surface area (Å²) in [6.45, 7) is 2.29. The summed E-state index contributed by atoms with van der Waals surface area (Å²) in [6.07, 6.45) is 6.46. The Hall–Kier alpha value is -1.86. The lowest BCUT2D eigenvalue weighted by atomic mass is 9.77. The van der Waals surface area contributed by atoms with Gasteiger partial charge in [0.1, 0.15) is 5.82 Å². The van der Waals surface area contributed by atoms with E-state index in [1.54, 1.807) is 12.1 Å². The molecule has 0 saturated heterocycles. The molecule has 3 aromatic rings. The van der Waals surface area contributed by atoms with Crippen molar-refractivity contribution in [2.45, 2.75) is 44.9 Å². The summed E-state index contributed by atoms with van der Waals surface area (Å²) >= 11 is 5.95. The SMILES string of the molecule is CC[C@H]1CC[C@H](c2ccc3c(F)c(-c4ccc(Cl)cc4)ccc3c2)CC1. The monoisotopic (exact) mass is 366 g/mol. The minimum absolute atomic E-state index is 0.147. The molecule has 0 spiro atoms. The Balaban J connectivity index is 1.66. The van der Waals surface area contributed by atoms with Gasteiger partial charge in [-0.3, -0.25) is 0 Å². The fourth-order valence-electron chi connectivity index (χ4n) is 4.32. The van der Waals surface area contributed by atoms with E-state index in [9.17, 15) is 0 Å². The molecule has 0 amide bonds. The van der Waals surface area contributed by atoms with Crippen molar-refractivity contribution in [3.63, 3.8) is 0 Å². The summed E-state index contributed by atoms with van der Waals surface area (Å²) in [5.41, 5.74) is 2.85. The van der Waals surface area contributed by atoms with Crippen LogP contribution in [0, 0.1) is 11.7 Å². The summed E-state index contributed by atoms with van der Waals surface area (Å²) in [7, 11) is 0. The molecule has 0 atom stereocenters. The number of benzene rings is 3. The summed E-state index contributed by atoms with van der Waals surface area (Å²) in [6, 6.07) is 17.6. The Morgan fingerprint density at radius 3 is 2.35 bits per heavy atom. The molecule has 2 heteroatoms. The summed E-state index contributed by atoms with van der Waals surface area (Å²) in [4.78, 5) is 0. The van der Waals surface area contributed by atoms with Crippen molar-refractivity contribution < 1.29 is 4.39 Å². The van der Waals surface area contributed by atoms with Gasteiger partial charge in [0, 0.05) is 16.0 Å². The second-order valence-corrected chi connectivity index (χ2v) is 7.98. The lowest BCUT2D eigenvalue weighted by Gasteiger charge is -2.28. The van der Waals surface area contributed by atoms with Gasteiger partial charge >= 0.3 is 0 Å². The molecule has 4 rings (SSSR count). The van der Waals surface area contributed by atoms with E-state index in [0.717, 1.165) is 16.9 Å². The molecule has 26 heavy (non-hydrogen) atoms. The molecule has 1 aliphatic carbocycles. The fraction of sp³-hybridized carbons (Fsp3) is 0.333. The van der Waals surface area contributed by atoms with Crippen LogP contribution in [-0.2, 0) is 0 Å². The minimum atomic E-state index is -0.147. The van der Waals surface area contributed by atoms with Gasteiger partial charge in [-0.2, -0.15) is 0 Å². The smallest absolute Gasteiger partial charge is 0.138 e. The van der Waals surface area contributed by atoms with Crippen LogP contribution >= 0.6 is 11.6 Å². The average molecular weight is 367 g/mol. The fourth-order valence-corrected chi connectivity index (χ4v) is 4.45. The van der Waals surface area contributed by atoms with Crippen LogP contribution in [0.4, 0.5) is 4.39 Å². The molecule has 0 radical (unpaired) electrons. The predicted octanol–water partition coefficient (Wildman–Crippen LogP) is 7.98. The predicted molar refractivity (Wildman–Crippen MR) is 109 cm³/mol. The lowest BCUT2D eigenvalue weighted by molar-refractivity contribution is 0.319. The molecule has 0 nitrogen and oxygen atoms in total. The normalized spacial score (nSPS) is 20.4. The Kier molecular flexibility index (Phi) is 5.00. The highest BCUT2D eigenvalue weighted by molar-refractivity contribution is 6.30. The summed E-state index contributed by atoms with van der Waals surface area (Å²) in [5.74, 6) is 1.37. The molecule has 0 unspecified atom stereocenters. The highest BCUT2D eigenvalue weighted by Gasteiger charge is 2.21. The standard InChI is InChI=1S/C24H24ClF/c1-2-16-3-5-17(6-4-16)19-9-13-23-20(15-19)10-14-22(24(23)26)18-7-11-21(25)12-8-18/h7-17H,2-6H2,1H3/t16-,17-. The van der Waals surface area contributed by atoms with Crippen LogP contribution in [0.2, 0.25) is 5.02 Å². The molecule has 1 aliphatic rings. The molecule has 0 bridgehead atoms. The summed E-state index contributed by atoms with van der Waals surface area (Å²) < 4.78 is 15.1. The van der Waals surface area contributed by atoms with E-state index in [0.29, 0.717) is 21.9 Å². The second-order valence-electron chi connectivity index (χ2n) is 7.54. The average Bonchev–Trinajstić information content (AvgIpc) is 2.69. The van der Waals surface area contributed by atoms with Crippen molar-refractivity contribution in [1.82, 2.24) is 0 Å². The van der Waals surface area contributed by atoms with Gasteiger partial charge in [-0.05, 0) is 66.2 Å². The first kappa shape index (κ1) is 17.5. The van der Waals surface area contributed by atoms with E-state index in [2.05, 4.69) is 19.1 Å². The van der Waals surface area contributed by atoms with Crippen LogP contribution in [0.3, 0.4) is 0 Å². The molecule has 0 N–H and O–H groups in total. The maximum Gasteiger partial charge on any atom is 0.138 e. The first-order valence-electron chi connectivity index (χ1n) is 9.64. The molecule has 0 aromatic heterocycles. The zero-order valence-corrected chi connectivity index (χ0v) is 15.9. The number of hydrogen-bond acceptors (Lipinski definition) is 0. The second kappa shape index (κ2) is 7.40. The van der Waals surface area contributed by atoms with Gasteiger partial charge in [-0.15, -0.1) is 0 Å². The van der Waals surface area contributed by atoms with E-state index in [1.807, 2.05) is 30.3 Å². The van der Waals surface area contributed by atoms with Gasteiger partial charge in [0.15, 0.2) is 0 Å². The molecule has 3 aromatic carbocycles. The topological polar surface area (TPSA) is 0 Å². The first-order valence-corrected chi connectivity index (χ1v) is 10.0. The third-order valence-corrected chi connectivity index (χ3v) is 6.28. The third-order valence-electron chi connectivity index (χ3n) is 6.03. The van der Waals surface area contributed by atoms with Crippen LogP contribution in [0.1, 0.15) is 50.5 Å². The van der Waals surface area contributed by atoms with Crippen molar-refractivity contribution in [3.05, 3.63) is 71.0 Å². The number of hydrogen-bond donors (Lipinski definition) is 0. The minimum Gasteiger partial charge on any atom is -0.206 e. The molecule has 0 heterocycles. The van der Waals surface area contributed by atoms with Gasteiger partial charge in [0.25, 0.3) is 0 Å². The Morgan fingerprint density at radius 2 is 1.65 bits per heavy atom. The largest absolute Gasteiger partial charge is 0.206 e. The van der Waals surface area contributed by atoms with E-state index >= 15 is 4.39 Å². The van der Waals surface area contributed by atoms with E-state index < -0.39 is 0 Å². The molecule has 134 valence electrons. The molecule has 1 fully saturated rings. The van der Waals surface area contributed by atoms with E-state index in [4.69, 9.17) is 11.6 Å². The van der Waals surface area contributed by atoms with Crippen molar-refractivity contribution in [3.8, 4) is 11.1 Å². The molecular weight excluding hydrogens is 343 g/mol. The molecular formula is C24H24ClF. The van der Waals surface area contributed by atoms with Gasteiger partial charge in [-0.1, -0.05) is 67.4 Å². The quantitative estimate of drug-likeness (QED) is 0.440. The van der Waals surface area contributed by atoms with Gasteiger partial charge in [-0.25, -0.2) is 4.39 Å². The van der Waals surface area contributed by atoms with Crippen LogP contribution < -0.4 is 0 Å². The van der Waals surface area contributed by atoms with Crippen molar-refractivity contribution in [2.75, 3.05) is 0 Å². The number of fused-ring (bicyclic) bond motifs is 1. The number of rotatable bonds is 3. The molecule has 0 aliphatic heterocycles. The highest BCUT2D eigenvalue weighted by Crippen LogP contribution is 2.38. The zero-order valence-electron chi connectivity index (χ0n) is 15.1. The van der Waals surface area contributed by atoms with Crippen LogP contribution in [0.15, 0.2) is 54.6 Å². The maximum atomic E-state index is 15.1. The van der Waals surface area contributed by atoms with Crippen molar-refractivity contribution >= 4 is 22.4 Å². The zero-order chi connectivity index (χ0) is 18.1. The van der Waals surface area contributed by atoms with E-state index in [1.165, 1.54) is 37.7 Å². The van der Waals surface area contributed by atoms with Crippen molar-refractivity contribution in [1.29, 1.82) is 0 Å². The number of halogens is 2. The third kappa shape index (κ3) is 3.38. The van der Waals surface area contributed by atoms with Gasteiger partial charge < -0.3 is 0 Å².